The SMILES string of the molecule is CC1(C)C2CN(C(=O)[C@@H](CC3CCC3)NC(=O)C(F)(F)F)C(C(=O)N[C@H](C#N)C[C@@H]3CCNC3=O)C21. The van der Waals surface area contributed by atoms with Crippen LogP contribution in [0.2, 0.25) is 0 Å². The summed E-state index contributed by atoms with van der Waals surface area (Å²) in [6.07, 6.45) is -1.89. The van der Waals surface area contributed by atoms with Gasteiger partial charge in [-0.05, 0) is 42.4 Å². The Bertz CT molecular complexity index is 974. The van der Waals surface area contributed by atoms with Crippen molar-refractivity contribution in [3.05, 3.63) is 0 Å². The molecule has 4 amide bonds. The summed E-state index contributed by atoms with van der Waals surface area (Å²) < 4.78 is 38.9. The number of alkyl halides is 3. The topological polar surface area (TPSA) is 131 Å². The highest BCUT2D eigenvalue weighted by Gasteiger charge is 2.69. The van der Waals surface area contributed by atoms with E-state index in [0.717, 1.165) is 19.3 Å². The van der Waals surface area contributed by atoms with Gasteiger partial charge in [0.15, 0.2) is 0 Å². The normalized spacial score (nSPS) is 30.3. The molecule has 36 heavy (non-hydrogen) atoms. The molecule has 4 rings (SSSR count). The Balaban J connectivity index is 1.50. The maximum absolute atomic E-state index is 13.5. The van der Waals surface area contributed by atoms with E-state index in [1.165, 1.54) is 4.90 Å². The molecule has 2 heterocycles. The fraction of sp³-hybridized carbons (Fsp3) is 0.792. The molecule has 0 radical (unpaired) electrons. The van der Waals surface area contributed by atoms with Crippen molar-refractivity contribution in [2.24, 2.45) is 29.1 Å². The van der Waals surface area contributed by atoms with Gasteiger partial charge >= 0.3 is 12.1 Å². The van der Waals surface area contributed by atoms with Gasteiger partial charge in [0.25, 0.3) is 0 Å². The first-order valence-electron chi connectivity index (χ1n) is 12.5. The summed E-state index contributed by atoms with van der Waals surface area (Å²) in [4.78, 5) is 51.8. The van der Waals surface area contributed by atoms with Crippen LogP contribution in [0.3, 0.4) is 0 Å². The summed E-state index contributed by atoms with van der Waals surface area (Å²) in [5.41, 5.74) is -0.245. The Morgan fingerprint density at radius 3 is 2.42 bits per heavy atom. The summed E-state index contributed by atoms with van der Waals surface area (Å²) in [7, 11) is 0. The van der Waals surface area contributed by atoms with E-state index >= 15 is 0 Å². The van der Waals surface area contributed by atoms with Crippen molar-refractivity contribution in [2.45, 2.75) is 76.7 Å². The lowest BCUT2D eigenvalue weighted by atomic mass is 9.80. The second kappa shape index (κ2) is 9.56. The Kier molecular flexibility index (Phi) is 6.96. The number of likely N-dealkylation sites (tertiary alicyclic amines) is 1. The molecule has 2 aliphatic carbocycles. The van der Waals surface area contributed by atoms with Gasteiger partial charge < -0.3 is 20.9 Å². The molecule has 12 heteroatoms. The van der Waals surface area contributed by atoms with Crippen LogP contribution < -0.4 is 16.0 Å². The van der Waals surface area contributed by atoms with Crippen LogP contribution in [0.25, 0.3) is 0 Å². The van der Waals surface area contributed by atoms with E-state index in [9.17, 15) is 37.6 Å². The van der Waals surface area contributed by atoms with Gasteiger partial charge in [-0.2, -0.15) is 18.4 Å². The molecule has 2 aliphatic heterocycles. The van der Waals surface area contributed by atoms with Gasteiger partial charge in [-0.3, -0.25) is 19.2 Å². The van der Waals surface area contributed by atoms with Crippen molar-refractivity contribution in [1.29, 1.82) is 5.26 Å². The highest BCUT2D eigenvalue weighted by atomic mass is 19.4. The van der Waals surface area contributed by atoms with Gasteiger partial charge in [-0.1, -0.05) is 33.1 Å². The predicted molar refractivity (Wildman–Crippen MR) is 119 cm³/mol. The lowest BCUT2D eigenvalue weighted by molar-refractivity contribution is -0.175. The number of rotatable bonds is 8. The molecule has 0 aromatic heterocycles. The minimum Gasteiger partial charge on any atom is -0.356 e. The standard InChI is InChI=1S/C24H32F3N5O4/c1-23(2)15-11-32(21(35)16(8-12-4-3-5-12)31-22(36)24(25,26)27)18(17(15)23)20(34)30-14(10-28)9-13-6-7-29-19(13)33/h12-18H,3-9,11H2,1-2H3,(H,29,33)(H,30,34)(H,31,36)/t13-,14-,15?,16+,17?,18?/m0/s1. The molecule has 4 aliphatic rings. The molecular formula is C24H32F3N5O4. The Hall–Kier alpha value is -2.84. The largest absolute Gasteiger partial charge is 0.471 e. The third-order valence-electron chi connectivity index (χ3n) is 8.57. The number of nitriles is 1. The van der Waals surface area contributed by atoms with E-state index in [1.807, 2.05) is 25.2 Å². The van der Waals surface area contributed by atoms with Crippen LogP contribution >= 0.6 is 0 Å². The molecule has 0 aromatic rings. The number of carbonyl (C=O) groups is 4. The van der Waals surface area contributed by atoms with Gasteiger partial charge in [-0.25, -0.2) is 0 Å². The zero-order valence-electron chi connectivity index (χ0n) is 20.4. The average Bonchev–Trinajstić information content (AvgIpc) is 3.13. The van der Waals surface area contributed by atoms with Crippen molar-refractivity contribution in [3.63, 3.8) is 0 Å². The van der Waals surface area contributed by atoms with Crippen LogP contribution in [-0.4, -0.2) is 65.9 Å². The van der Waals surface area contributed by atoms with E-state index < -0.39 is 47.9 Å². The molecule has 0 aromatic carbocycles. The van der Waals surface area contributed by atoms with Gasteiger partial charge in [0.1, 0.15) is 18.1 Å². The van der Waals surface area contributed by atoms with E-state index in [0.29, 0.717) is 13.0 Å². The fourth-order valence-electron chi connectivity index (χ4n) is 6.09. The smallest absolute Gasteiger partial charge is 0.356 e. The van der Waals surface area contributed by atoms with Crippen molar-refractivity contribution in [1.82, 2.24) is 20.9 Å². The third-order valence-corrected chi connectivity index (χ3v) is 8.57. The van der Waals surface area contributed by atoms with Crippen LogP contribution in [0.1, 0.15) is 52.4 Å². The summed E-state index contributed by atoms with van der Waals surface area (Å²) in [6.45, 7) is 4.63. The molecule has 3 N–H and O–H groups in total. The number of piperidine rings is 1. The number of hydrogen-bond acceptors (Lipinski definition) is 5. The Morgan fingerprint density at radius 1 is 1.19 bits per heavy atom. The lowest BCUT2D eigenvalue weighted by Crippen LogP contribution is -2.58. The maximum atomic E-state index is 13.5. The maximum Gasteiger partial charge on any atom is 0.471 e. The second-order valence-electron chi connectivity index (χ2n) is 11.1. The lowest BCUT2D eigenvalue weighted by Gasteiger charge is -2.36. The number of hydrogen-bond donors (Lipinski definition) is 3. The molecule has 4 fully saturated rings. The number of fused-ring (bicyclic) bond motifs is 1. The zero-order chi connectivity index (χ0) is 26.4. The molecular weight excluding hydrogens is 479 g/mol. The molecule has 3 unspecified atom stereocenters. The first-order chi connectivity index (χ1) is 16.8. The van der Waals surface area contributed by atoms with Crippen molar-refractivity contribution in [2.75, 3.05) is 13.1 Å². The van der Waals surface area contributed by atoms with Gasteiger partial charge in [-0.15, -0.1) is 0 Å². The number of nitrogens with zero attached hydrogens (tertiary/aromatic N) is 2. The average molecular weight is 512 g/mol. The Morgan fingerprint density at radius 2 is 1.89 bits per heavy atom. The highest BCUT2D eigenvalue weighted by molar-refractivity contribution is 5.94. The number of amides is 4. The van der Waals surface area contributed by atoms with Crippen LogP contribution in [0.4, 0.5) is 13.2 Å². The van der Waals surface area contributed by atoms with Crippen molar-refractivity contribution >= 4 is 23.6 Å². The molecule has 9 nitrogen and oxygen atoms in total. The zero-order valence-corrected chi connectivity index (χ0v) is 20.4. The van der Waals surface area contributed by atoms with Gasteiger partial charge in [0, 0.05) is 19.0 Å². The first-order valence-corrected chi connectivity index (χ1v) is 12.5. The van der Waals surface area contributed by atoms with E-state index in [2.05, 4.69) is 10.6 Å². The summed E-state index contributed by atoms with van der Waals surface area (Å²) in [5.74, 6) is -4.20. The van der Waals surface area contributed by atoms with E-state index in [4.69, 9.17) is 0 Å². The first kappa shape index (κ1) is 26.2. The summed E-state index contributed by atoms with van der Waals surface area (Å²) >= 11 is 0. The number of carbonyl (C=O) groups excluding carboxylic acids is 4. The van der Waals surface area contributed by atoms with Gasteiger partial charge in [0.2, 0.25) is 17.7 Å². The number of halogens is 3. The molecule has 198 valence electrons. The highest BCUT2D eigenvalue weighted by Crippen LogP contribution is 2.65. The predicted octanol–water partition coefficient (Wildman–Crippen LogP) is 1.24. The summed E-state index contributed by atoms with van der Waals surface area (Å²) in [5, 5.41) is 16.8. The minimum atomic E-state index is -5.13. The molecule has 0 bridgehead atoms. The molecule has 6 atom stereocenters. The quantitative estimate of drug-likeness (QED) is 0.451. The van der Waals surface area contributed by atoms with Gasteiger partial charge in [0.05, 0.1) is 6.07 Å². The summed E-state index contributed by atoms with van der Waals surface area (Å²) in [6, 6.07) is -1.28. The monoisotopic (exact) mass is 511 g/mol. The van der Waals surface area contributed by atoms with E-state index in [1.54, 1.807) is 0 Å². The molecule has 2 saturated carbocycles. The van der Waals surface area contributed by atoms with Crippen LogP contribution in [0, 0.1) is 40.4 Å². The fourth-order valence-corrected chi connectivity index (χ4v) is 6.09. The van der Waals surface area contributed by atoms with Crippen LogP contribution in [0.15, 0.2) is 0 Å². The van der Waals surface area contributed by atoms with Crippen molar-refractivity contribution < 1.29 is 32.3 Å². The minimum absolute atomic E-state index is 0.0129. The number of nitrogens with one attached hydrogen (secondary N) is 3. The van der Waals surface area contributed by atoms with Crippen molar-refractivity contribution in [3.8, 4) is 6.07 Å². The molecule has 0 spiro atoms. The van der Waals surface area contributed by atoms with E-state index in [-0.39, 0.29) is 48.5 Å². The van der Waals surface area contributed by atoms with Crippen LogP contribution in [0.5, 0.6) is 0 Å². The Labute approximate surface area is 207 Å². The second-order valence-corrected chi connectivity index (χ2v) is 11.1. The molecule has 2 saturated heterocycles. The third kappa shape index (κ3) is 5.02. The van der Waals surface area contributed by atoms with Crippen LogP contribution in [-0.2, 0) is 19.2 Å².